The quantitative estimate of drug-likeness (QED) is 0.845. The first-order valence-electron chi connectivity index (χ1n) is 6.55. The summed E-state index contributed by atoms with van der Waals surface area (Å²) >= 11 is 0. The van der Waals surface area contributed by atoms with Crippen molar-refractivity contribution >= 4 is 0 Å². The minimum absolute atomic E-state index is 0.330. The molecule has 2 heteroatoms. The van der Waals surface area contributed by atoms with Crippen molar-refractivity contribution in [2.75, 3.05) is 6.61 Å². The van der Waals surface area contributed by atoms with Crippen molar-refractivity contribution in [3.63, 3.8) is 0 Å². The van der Waals surface area contributed by atoms with Gasteiger partial charge in [-0.2, -0.15) is 0 Å². The Morgan fingerprint density at radius 3 is 2.71 bits per heavy atom. The van der Waals surface area contributed by atoms with E-state index in [1.54, 1.807) is 0 Å². The molecule has 0 aliphatic heterocycles. The van der Waals surface area contributed by atoms with Crippen molar-refractivity contribution in [2.24, 2.45) is 11.8 Å². The highest BCUT2D eigenvalue weighted by atomic mass is 16.5. The molecule has 0 saturated heterocycles. The van der Waals surface area contributed by atoms with E-state index in [2.05, 4.69) is 13.0 Å². The average Bonchev–Trinajstić information content (AvgIpc) is 3.14. The number of hydrogen-bond donors (Lipinski definition) is 1. The van der Waals surface area contributed by atoms with E-state index < -0.39 is 6.10 Å². The molecule has 94 valence electrons. The Kier molecular flexibility index (Phi) is 3.72. The van der Waals surface area contributed by atoms with Gasteiger partial charge in [0, 0.05) is 5.56 Å². The van der Waals surface area contributed by atoms with Crippen LogP contribution in [0.3, 0.4) is 0 Å². The zero-order valence-electron chi connectivity index (χ0n) is 10.9. The van der Waals surface area contributed by atoms with Gasteiger partial charge in [-0.1, -0.05) is 18.6 Å². The summed E-state index contributed by atoms with van der Waals surface area (Å²) in [7, 11) is 0. The minimum Gasteiger partial charge on any atom is -0.493 e. The maximum atomic E-state index is 10.5. The largest absolute Gasteiger partial charge is 0.493 e. The monoisotopic (exact) mass is 234 g/mol. The van der Waals surface area contributed by atoms with Crippen LogP contribution in [0.5, 0.6) is 5.75 Å². The second-order valence-electron chi connectivity index (χ2n) is 5.12. The maximum Gasteiger partial charge on any atom is 0.125 e. The molecule has 0 amide bonds. The van der Waals surface area contributed by atoms with Crippen molar-refractivity contribution in [1.82, 2.24) is 0 Å². The molecule has 0 heterocycles. The first kappa shape index (κ1) is 12.4. The molecule has 0 bridgehead atoms. The van der Waals surface area contributed by atoms with Crippen LogP contribution < -0.4 is 4.74 Å². The number of aliphatic hydroxyl groups is 1. The van der Waals surface area contributed by atoms with Gasteiger partial charge in [-0.3, -0.25) is 0 Å². The smallest absolute Gasteiger partial charge is 0.125 e. The fourth-order valence-corrected chi connectivity index (χ4v) is 2.35. The summed E-state index contributed by atoms with van der Waals surface area (Å²) in [6.45, 7) is 6.80. The highest BCUT2D eigenvalue weighted by Gasteiger charge is 2.34. The molecule has 2 atom stereocenters. The Morgan fingerprint density at radius 1 is 1.41 bits per heavy atom. The van der Waals surface area contributed by atoms with E-state index in [1.807, 2.05) is 26.0 Å². The van der Waals surface area contributed by atoms with E-state index in [-0.39, 0.29) is 0 Å². The van der Waals surface area contributed by atoms with Gasteiger partial charge in [0.05, 0.1) is 12.7 Å². The zero-order valence-corrected chi connectivity index (χ0v) is 10.9. The van der Waals surface area contributed by atoms with Gasteiger partial charge in [-0.15, -0.1) is 0 Å². The van der Waals surface area contributed by atoms with Crippen LogP contribution in [0.1, 0.15) is 43.9 Å². The second-order valence-corrected chi connectivity index (χ2v) is 5.12. The summed E-state index contributed by atoms with van der Waals surface area (Å²) in [5.74, 6) is 1.86. The molecule has 0 aromatic heterocycles. The molecule has 0 spiro atoms. The fourth-order valence-electron chi connectivity index (χ4n) is 2.35. The summed E-state index contributed by atoms with van der Waals surface area (Å²) < 4.78 is 5.60. The predicted octanol–water partition coefficient (Wildman–Crippen LogP) is 3.47. The van der Waals surface area contributed by atoms with Crippen molar-refractivity contribution in [2.45, 2.75) is 39.7 Å². The zero-order chi connectivity index (χ0) is 12.4. The molecule has 17 heavy (non-hydrogen) atoms. The lowest BCUT2D eigenvalue weighted by molar-refractivity contribution is 0.102. The molecular weight excluding hydrogens is 212 g/mol. The molecule has 2 nitrogen and oxygen atoms in total. The molecule has 1 aliphatic rings. The van der Waals surface area contributed by atoms with E-state index in [0.717, 1.165) is 11.3 Å². The lowest BCUT2D eigenvalue weighted by atomic mass is 9.92. The SMILES string of the molecule is CCOc1ccc(C)cc1C(O)C(C)C1CC1. The van der Waals surface area contributed by atoms with E-state index >= 15 is 0 Å². The van der Waals surface area contributed by atoms with Crippen LogP contribution in [0.15, 0.2) is 18.2 Å². The minimum atomic E-state index is -0.399. The van der Waals surface area contributed by atoms with E-state index in [1.165, 1.54) is 18.4 Å². The van der Waals surface area contributed by atoms with Crippen LogP contribution in [0.2, 0.25) is 0 Å². The number of rotatable bonds is 5. The number of benzene rings is 1. The number of aliphatic hydroxyl groups excluding tert-OH is 1. The molecule has 1 fully saturated rings. The standard InChI is InChI=1S/C15H22O2/c1-4-17-14-8-5-10(2)9-13(14)15(16)11(3)12-6-7-12/h5,8-9,11-12,15-16H,4,6-7H2,1-3H3. The van der Waals surface area contributed by atoms with Crippen LogP contribution in [0.25, 0.3) is 0 Å². The van der Waals surface area contributed by atoms with Gasteiger partial charge in [-0.05, 0) is 50.7 Å². The second kappa shape index (κ2) is 5.09. The highest BCUT2D eigenvalue weighted by Crippen LogP contribution is 2.44. The third kappa shape index (κ3) is 2.81. The summed E-state index contributed by atoms with van der Waals surface area (Å²) in [6.07, 6.45) is 2.12. The summed E-state index contributed by atoms with van der Waals surface area (Å²) in [5, 5.41) is 10.5. The Hall–Kier alpha value is -1.02. The predicted molar refractivity (Wildman–Crippen MR) is 69.2 cm³/mol. The molecule has 1 aliphatic carbocycles. The molecule has 1 aromatic rings. The molecule has 2 unspecified atom stereocenters. The number of hydrogen-bond acceptors (Lipinski definition) is 2. The van der Waals surface area contributed by atoms with Crippen molar-refractivity contribution in [3.05, 3.63) is 29.3 Å². The third-order valence-corrected chi connectivity index (χ3v) is 3.65. The molecular formula is C15H22O2. The van der Waals surface area contributed by atoms with E-state index in [0.29, 0.717) is 18.4 Å². The van der Waals surface area contributed by atoms with Crippen LogP contribution in [0.4, 0.5) is 0 Å². The first-order chi connectivity index (χ1) is 8.13. The highest BCUT2D eigenvalue weighted by molar-refractivity contribution is 5.38. The number of aryl methyl sites for hydroxylation is 1. The molecule has 0 radical (unpaired) electrons. The molecule has 1 aromatic carbocycles. The Morgan fingerprint density at radius 2 is 2.12 bits per heavy atom. The Balaban J connectivity index is 2.24. The topological polar surface area (TPSA) is 29.5 Å². The van der Waals surface area contributed by atoms with Crippen molar-refractivity contribution < 1.29 is 9.84 Å². The van der Waals surface area contributed by atoms with Gasteiger partial charge in [0.1, 0.15) is 5.75 Å². The van der Waals surface area contributed by atoms with Gasteiger partial charge < -0.3 is 9.84 Å². The van der Waals surface area contributed by atoms with Gasteiger partial charge in [0.25, 0.3) is 0 Å². The lowest BCUT2D eigenvalue weighted by Crippen LogP contribution is -2.13. The summed E-state index contributed by atoms with van der Waals surface area (Å²) in [5.41, 5.74) is 2.12. The first-order valence-corrected chi connectivity index (χ1v) is 6.55. The number of ether oxygens (including phenoxy) is 1. The molecule has 2 rings (SSSR count). The van der Waals surface area contributed by atoms with E-state index in [9.17, 15) is 5.11 Å². The summed E-state index contributed by atoms with van der Waals surface area (Å²) in [4.78, 5) is 0. The van der Waals surface area contributed by atoms with Crippen LogP contribution >= 0.6 is 0 Å². The third-order valence-electron chi connectivity index (χ3n) is 3.65. The van der Waals surface area contributed by atoms with Crippen molar-refractivity contribution in [1.29, 1.82) is 0 Å². The van der Waals surface area contributed by atoms with Gasteiger partial charge >= 0.3 is 0 Å². The van der Waals surface area contributed by atoms with Crippen LogP contribution in [0, 0.1) is 18.8 Å². The normalized spacial score (nSPS) is 18.8. The molecule has 1 saturated carbocycles. The van der Waals surface area contributed by atoms with Crippen molar-refractivity contribution in [3.8, 4) is 5.75 Å². The van der Waals surface area contributed by atoms with Crippen LogP contribution in [-0.4, -0.2) is 11.7 Å². The Labute approximate surface area is 104 Å². The fraction of sp³-hybridized carbons (Fsp3) is 0.600. The average molecular weight is 234 g/mol. The van der Waals surface area contributed by atoms with Gasteiger partial charge in [0.15, 0.2) is 0 Å². The Bertz CT molecular complexity index is 383. The van der Waals surface area contributed by atoms with Crippen LogP contribution in [-0.2, 0) is 0 Å². The van der Waals surface area contributed by atoms with E-state index in [4.69, 9.17) is 4.74 Å². The van der Waals surface area contributed by atoms with Gasteiger partial charge in [-0.25, -0.2) is 0 Å². The van der Waals surface area contributed by atoms with Gasteiger partial charge in [0.2, 0.25) is 0 Å². The lowest BCUT2D eigenvalue weighted by Gasteiger charge is -2.21. The maximum absolute atomic E-state index is 10.5. The molecule has 1 N–H and O–H groups in total. The summed E-state index contributed by atoms with van der Waals surface area (Å²) in [6, 6.07) is 6.05.